The van der Waals surface area contributed by atoms with Crippen LogP contribution in [0.5, 0.6) is 0 Å². The zero-order chi connectivity index (χ0) is 14.5. The Kier molecular flexibility index (Phi) is 5.35. The predicted octanol–water partition coefficient (Wildman–Crippen LogP) is 1.70. The molecule has 1 aromatic rings. The number of rotatable bonds is 6. The van der Waals surface area contributed by atoms with E-state index in [9.17, 15) is 13.6 Å². The second-order valence-corrected chi connectivity index (χ2v) is 4.63. The Balaban J connectivity index is 2.81. The quantitative estimate of drug-likeness (QED) is 0.828. The maximum Gasteiger partial charge on any atom is 0.366 e. The molecule has 1 heterocycles. The van der Waals surface area contributed by atoms with Gasteiger partial charge in [0.2, 0.25) is 0 Å². The number of aromatic nitrogens is 1. The summed E-state index contributed by atoms with van der Waals surface area (Å²) in [4.78, 5) is 15.2. The summed E-state index contributed by atoms with van der Waals surface area (Å²) in [7, 11) is 0. The second kappa shape index (κ2) is 6.56. The van der Waals surface area contributed by atoms with Crippen molar-refractivity contribution in [2.24, 2.45) is 5.92 Å². The third-order valence-corrected chi connectivity index (χ3v) is 2.83. The Morgan fingerprint density at radius 3 is 2.63 bits per heavy atom. The molecule has 0 radical (unpaired) electrons. The van der Waals surface area contributed by atoms with Gasteiger partial charge in [-0.15, -0.1) is 0 Å². The molecule has 2 N–H and O–H groups in total. The highest BCUT2D eigenvalue weighted by Crippen LogP contribution is 2.26. The highest BCUT2D eigenvalue weighted by atomic mass is 19.3. The van der Waals surface area contributed by atoms with Crippen molar-refractivity contribution in [2.75, 3.05) is 6.61 Å². The molecule has 0 bridgehead atoms. The molecule has 1 amide bonds. The third-order valence-electron chi connectivity index (χ3n) is 2.83. The maximum absolute atomic E-state index is 13.9. The van der Waals surface area contributed by atoms with Crippen LogP contribution < -0.4 is 5.32 Å². The molecule has 6 heteroatoms. The second-order valence-electron chi connectivity index (χ2n) is 4.63. The lowest BCUT2D eigenvalue weighted by atomic mass is 10.0. The minimum atomic E-state index is -3.68. The fourth-order valence-corrected chi connectivity index (χ4v) is 1.64. The first-order valence-electron chi connectivity index (χ1n) is 6.10. The van der Waals surface area contributed by atoms with Gasteiger partial charge in [0.25, 0.3) is 5.91 Å². The van der Waals surface area contributed by atoms with E-state index in [0.717, 1.165) is 6.07 Å². The number of hydrogen-bond acceptors (Lipinski definition) is 3. The summed E-state index contributed by atoms with van der Waals surface area (Å²) in [6.07, 6.45) is 1.45. The van der Waals surface area contributed by atoms with Crippen molar-refractivity contribution >= 4 is 5.91 Å². The number of alkyl halides is 2. The number of hydrogen-bond donors (Lipinski definition) is 2. The van der Waals surface area contributed by atoms with Crippen LogP contribution in [0.4, 0.5) is 8.78 Å². The summed E-state index contributed by atoms with van der Waals surface area (Å²) in [6.45, 7) is 3.41. The maximum atomic E-state index is 13.9. The number of pyridine rings is 1. The van der Waals surface area contributed by atoms with E-state index >= 15 is 0 Å². The minimum absolute atomic E-state index is 0.0457. The number of amides is 1. The first-order valence-corrected chi connectivity index (χ1v) is 6.10. The number of halogens is 2. The molecular formula is C13H18F2N2O2. The van der Waals surface area contributed by atoms with Crippen molar-refractivity contribution in [1.82, 2.24) is 10.3 Å². The first kappa shape index (κ1) is 15.5. The van der Waals surface area contributed by atoms with Gasteiger partial charge >= 0.3 is 5.92 Å². The van der Waals surface area contributed by atoms with E-state index in [4.69, 9.17) is 5.11 Å². The van der Waals surface area contributed by atoms with E-state index in [1.54, 1.807) is 13.8 Å². The molecule has 1 atom stereocenters. The van der Waals surface area contributed by atoms with Gasteiger partial charge in [0.1, 0.15) is 5.69 Å². The number of nitrogens with one attached hydrogen (secondary N) is 1. The molecule has 0 aliphatic heterocycles. The lowest BCUT2D eigenvalue weighted by Crippen LogP contribution is -2.46. The SMILES string of the molecule is CC(C)C(CCO)NC(=O)C(F)(F)c1ccccn1. The van der Waals surface area contributed by atoms with Gasteiger partial charge in [-0.1, -0.05) is 19.9 Å². The Morgan fingerprint density at radius 2 is 2.16 bits per heavy atom. The van der Waals surface area contributed by atoms with Crippen molar-refractivity contribution in [3.05, 3.63) is 30.1 Å². The van der Waals surface area contributed by atoms with Crippen LogP contribution in [0.3, 0.4) is 0 Å². The molecule has 0 saturated heterocycles. The molecule has 0 aliphatic rings. The van der Waals surface area contributed by atoms with Crippen molar-refractivity contribution in [1.29, 1.82) is 0 Å². The third kappa shape index (κ3) is 3.96. The number of aliphatic hydroxyl groups is 1. The topological polar surface area (TPSA) is 62.2 Å². The summed E-state index contributed by atoms with van der Waals surface area (Å²) >= 11 is 0. The average molecular weight is 272 g/mol. The van der Waals surface area contributed by atoms with Crippen LogP contribution in [0.15, 0.2) is 24.4 Å². The number of carbonyl (C=O) groups is 1. The van der Waals surface area contributed by atoms with Gasteiger partial charge in [-0.2, -0.15) is 8.78 Å². The van der Waals surface area contributed by atoms with E-state index in [0.29, 0.717) is 0 Å². The molecule has 1 unspecified atom stereocenters. The van der Waals surface area contributed by atoms with Crippen LogP contribution >= 0.6 is 0 Å². The van der Waals surface area contributed by atoms with Crippen molar-refractivity contribution in [2.45, 2.75) is 32.2 Å². The van der Waals surface area contributed by atoms with Crippen molar-refractivity contribution in [3.63, 3.8) is 0 Å². The molecule has 4 nitrogen and oxygen atoms in total. The van der Waals surface area contributed by atoms with E-state index in [-0.39, 0.29) is 18.9 Å². The molecule has 0 aromatic carbocycles. The normalized spacial score (nSPS) is 13.4. The summed E-state index contributed by atoms with van der Waals surface area (Å²) in [5.74, 6) is -5.11. The molecule has 106 valence electrons. The zero-order valence-electron chi connectivity index (χ0n) is 10.9. The molecule has 1 rings (SSSR count). The van der Waals surface area contributed by atoms with E-state index in [1.807, 2.05) is 0 Å². The number of aliphatic hydroxyl groups excluding tert-OH is 1. The van der Waals surface area contributed by atoms with E-state index < -0.39 is 23.6 Å². The van der Waals surface area contributed by atoms with Gasteiger partial charge in [-0.25, -0.2) is 0 Å². The lowest BCUT2D eigenvalue weighted by Gasteiger charge is -2.24. The van der Waals surface area contributed by atoms with Crippen LogP contribution in [0.2, 0.25) is 0 Å². The molecule has 1 aromatic heterocycles. The largest absolute Gasteiger partial charge is 0.396 e. The monoisotopic (exact) mass is 272 g/mol. The Bertz CT molecular complexity index is 410. The Labute approximate surface area is 110 Å². The Morgan fingerprint density at radius 1 is 1.47 bits per heavy atom. The van der Waals surface area contributed by atoms with Gasteiger partial charge in [0, 0.05) is 18.8 Å². The van der Waals surface area contributed by atoms with Crippen molar-refractivity contribution in [3.8, 4) is 0 Å². The van der Waals surface area contributed by atoms with Gasteiger partial charge in [0.15, 0.2) is 0 Å². The van der Waals surface area contributed by atoms with E-state index in [2.05, 4.69) is 10.3 Å². The van der Waals surface area contributed by atoms with Gasteiger partial charge in [-0.3, -0.25) is 9.78 Å². The van der Waals surface area contributed by atoms with Crippen LogP contribution in [0.1, 0.15) is 26.0 Å². The average Bonchev–Trinajstić information content (AvgIpc) is 2.38. The van der Waals surface area contributed by atoms with Gasteiger partial charge in [0.05, 0.1) is 0 Å². The number of carbonyl (C=O) groups excluding carboxylic acids is 1. The zero-order valence-corrected chi connectivity index (χ0v) is 10.9. The van der Waals surface area contributed by atoms with Gasteiger partial charge < -0.3 is 10.4 Å². The Hall–Kier alpha value is -1.56. The number of nitrogens with zero attached hydrogens (tertiary/aromatic N) is 1. The summed E-state index contributed by atoms with van der Waals surface area (Å²) in [5, 5.41) is 11.1. The van der Waals surface area contributed by atoms with Gasteiger partial charge in [-0.05, 0) is 24.5 Å². The van der Waals surface area contributed by atoms with Crippen LogP contribution in [0, 0.1) is 5.92 Å². The standard InChI is InChI=1S/C13H18F2N2O2/c1-9(2)10(6-8-18)17-12(19)13(14,15)11-5-3-4-7-16-11/h3-5,7,9-10,18H,6,8H2,1-2H3,(H,17,19). The van der Waals surface area contributed by atoms with Crippen LogP contribution in [-0.4, -0.2) is 28.6 Å². The first-order chi connectivity index (χ1) is 8.89. The molecule has 0 spiro atoms. The van der Waals surface area contributed by atoms with Crippen molar-refractivity contribution < 1.29 is 18.7 Å². The van der Waals surface area contributed by atoms with Crippen LogP contribution in [-0.2, 0) is 10.7 Å². The lowest BCUT2D eigenvalue weighted by molar-refractivity contribution is -0.148. The molecular weight excluding hydrogens is 254 g/mol. The summed E-state index contributed by atoms with van der Waals surface area (Å²) in [6, 6.07) is 3.51. The summed E-state index contributed by atoms with van der Waals surface area (Å²) < 4.78 is 27.8. The minimum Gasteiger partial charge on any atom is -0.396 e. The highest BCUT2D eigenvalue weighted by Gasteiger charge is 2.43. The smallest absolute Gasteiger partial charge is 0.366 e. The highest BCUT2D eigenvalue weighted by molar-refractivity contribution is 5.84. The van der Waals surface area contributed by atoms with E-state index in [1.165, 1.54) is 18.3 Å². The molecule has 0 saturated carbocycles. The fourth-order valence-electron chi connectivity index (χ4n) is 1.64. The molecule has 19 heavy (non-hydrogen) atoms. The van der Waals surface area contributed by atoms with Crippen LogP contribution in [0.25, 0.3) is 0 Å². The molecule has 0 aliphatic carbocycles. The molecule has 0 fully saturated rings. The fraction of sp³-hybridized carbons (Fsp3) is 0.538. The predicted molar refractivity (Wildman–Crippen MR) is 66.6 cm³/mol. The summed E-state index contributed by atoms with van der Waals surface area (Å²) in [5.41, 5.74) is -0.584.